The zero-order chi connectivity index (χ0) is 12.7. The number of alkyl halides is 3. The first-order valence-electron chi connectivity index (χ1n) is 4.96. The molecule has 0 radical (unpaired) electrons. The first-order chi connectivity index (χ1) is 7.90. The van der Waals surface area contributed by atoms with Crippen molar-refractivity contribution in [2.24, 2.45) is 5.73 Å². The van der Waals surface area contributed by atoms with Gasteiger partial charge in [-0.3, -0.25) is 0 Å². The van der Waals surface area contributed by atoms with Gasteiger partial charge in [0.2, 0.25) is 0 Å². The van der Waals surface area contributed by atoms with Gasteiger partial charge in [0.15, 0.2) is 5.60 Å². The Morgan fingerprint density at radius 3 is 2.47 bits per heavy atom. The fourth-order valence-electron chi connectivity index (χ4n) is 1.79. The summed E-state index contributed by atoms with van der Waals surface area (Å²) in [6, 6.07) is 6.43. The van der Waals surface area contributed by atoms with Crippen molar-refractivity contribution in [3.63, 3.8) is 0 Å². The van der Waals surface area contributed by atoms with E-state index < -0.39 is 18.3 Å². The average molecular weight is 244 g/mol. The van der Waals surface area contributed by atoms with Crippen molar-refractivity contribution < 1.29 is 18.3 Å². The van der Waals surface area contributed by atoms with Crippen LogP contribution in [0.2, 0.25) is 0 Å². The Labute approximate surface area is 95.0 Å². The van der Waals surface area contributed by atoms with Crippen LogP contribution in [-0.4, -0.2) is 22.8 Å². The molecule has 3 nitrogen and oxygen atoms in total. The van der Waals surface area contributed by atoms with Gasteiger partial charge >= 0.3 is 6.18 Å². The van der Waals surface area contributed by atoms with Crippen molar-refractivity contribution in [3.05, 3.63) is 36.0 Å². The summed E-state index contributed by atoms with van der Waals surface area (Å²) in [7, 11) is 0. The summed E-state index contributed by atoms with van der Waals surface area (Å²) in [6.45, 7) is -0.918. The highest BCUT2D eigenvalue weighted by Gasteiger charge is 2.55. The van der Waals surface area contributed by atoms with Crippen molar-refractivity contribution in [2.75, 3.05) is 6.54 Å². The molecule has 0 aliphatic heterocycles. The molecule has 0 aliphatic carbocycles. The van der Waals surface area contributed by atoms with Crippen molar-refractivity contribution in [3.8, 4) is 0 Å². The number of para-hydroxylation sites is 1. The van der Waals surface area contributed by atoms with Gasteiger partial charge in [-0.15, -0.1) is 0 Å². The van der Waals surface area contributed by atoms with Crippen LogP contribution in [0.15, 0.2) is 30.5 Å². The lowest BCUT2D eigenvalue weighted by molar-refractivity contribution is -0.261. The lowest BCUT2D eigenvalue weighted by Gasteiger charge is -2.28. The predicted molar refractivity (Wildman–Crippen MR) is 57.3 cm³/mol. The Balaban J connectivity index is 2.66. The molecule has 1 aromatic carbocycles. The molecule has 1 unspecified atom stereocenters. The van der Waals surface area contributed by atoms with E-state index in [-0.39, 0.29) is 5.56 Å². The maximum atomic E-state index is 12.9. The molecule has 17 heavy (non-hydrogen) atoms. The Bertz CT molecular complexity index is 535. The van der Waals surface area contributed by atoms with E-state index in [0.29, 0.717) is 10.9 Å². The number of hydrogen-bond donors (Lipinski definition) is 3. The van der Waals surface area contributed by atoms with Gasteiger partial charge < -0.3 is 15.8 Å². The molecule has 0 amide bonds. The van der Waals surface area contributed by atoms with Crippen LogP contribution < -0.4 is 5.73 Å². The number of aromatic amines is 1. The molecule has 2 aromatic rings. The molecule has 0 bridgehead atoms. The van der Waals surface area contributed by atoms with Crippen molar-refractivity contribution >= 4 is 10.9 Å². The van der Waals surface area contributed by atoms with E-state index in [1.54, 1.807) is 18.2 Å². The van der Waals surface area contributed by atoms with Crippen LogP contribution in [0, 0.1) is 0 Å². The molecule has 2 rings (SSSR count). The molecule has 1 heterocycles. The number of nitrogens with one attached hydrogen (secondary N) is 1. The van der Waals surface area contributed by atoms with Crippen molar-refractivity contribution in [1.82, 2.24) is 4.98 Å². The van der Waals surface area contributed by atoms with Crippen molar-refractivity contribution in [1.29, 1.82) is 0 Å². The number of hydrogen-bond acceptors (Lipinski definition) is 2. The van der Waals surface area contributed by atoms with Gasteiger partial charge in [0.1, 0.15) is 0 Å². The number of H-pyrrole nitrogens is 1. The summed E-state index contributed by atoms with van der Waals surface area (Å²) in [4.78, 5) is 2.68. The number of nitrogens with two attached hydrogens (primary N) is 1. The Hall–Kier alpha value is -1.53. The molecule has 0 fully saturated rings. The number of halogens is 3. The van der Waals surface area contributed by atoms with Crippen molar-refractivity contribution in [2.45, 2.75) is 11.8 Å². The second-order valence-corrected chi connectivity index (χ2v) is 3.81. The molecule has 1 atom stereocenters. The number of rotatable bonds is 2. The van der Waals surface area contributed by atoms with Crippen LogP contribution in [-0.2, 0) is 5.60 Å². The van der Waals surface area contributed by atoms with Crippen LogP contribution in [0.1, 0.15) is 5.56 Å². The van der Waals surface area contributed by atoms with Crippen LogP contribution in [0.25, 0.3) is 10.9 Å². The number of aromatic nitrogens is 1. The maximum Gasteiger partial charge on any atom is 0.422 e. The van der Waals surface area contributed by atoms with E-state index in [9.17, 15) is 18.3 Å². The lowest BCUT2D eigenvalue weighted by atomic mass is 9.93. The Morgan fingerprint density at radius 1 is 1.24 bits per heavy atom. The third-order valence-electron chi connectivity index (χ3n) is 2.80. The Kier molecular flexibility index (Phi) is 2.63. The summed E-state index contributed by atoms with van der Waals surface area (Å²) in [5, 5.41) is 10.1. The topological polar surface area (TPSA) is 62.0 Å². The van der Waals surface area contributed by atoms with Gasteiger partial charge in [0.05, 0.1) is 0 Å². The molecule has 0 spiro atoms. The Morgan fingerprint density at radius 2 is 1.88 bits per heavy atom. The second kappa shape index (κ2) is 3.75. The van der Waals surface area contributed by atoms with Crippen LogP contribution in [0.4, 0.5) is 13.2 Å². The number of aliphatic hydroxyl groups is 1. The number of benzene rings is 1. The summed E-state index contributed by atoms with van der Waals surface area (Å²) >= 11 is 0. The highest BCUT2D eigenvalue weighted by molar-refractivity contribution is 5.84. The van der Waals surface area contributed by atoms with Crippen LogP contribution in [0.5, 0.6) is 0 Å². The quantitative estimate of drug-likeness (QED) is 0.755. The van der Waals surface area contributed by atoms with Crippen LogP contribution in [0.3, 0.4) is 0 Å². The molecule has 4 N–H and O–H groups in total. The molecular weight excluding hydrogens is 233 g/mol. The van der Waals surface area contributed by atoms with Gasteiger partial charge in [0.25, 0.3) is 0 Å². The summed E-state index contributed by atoms with van der Waals surface area (Å²) in [5.41, 5.74) is 2.35. The maximum absolute atomic E-state index is 12.9. The highest BCUT2D eigenvalue weighted by Crippen LogP contribution is 2.40. The second-order valence-electron chi connectivity index (χ2n) is 3.81. The van der Waals surface area contributed by atoms with Gasteiger partial charge in [0, 0.05) is 29.2 Å². The minimum Gasteiger partial charge on any atom is -0.375 e. The summed E-state index contributed by atoms with van der Waals surface area (Å²) in [6.07, 6.45) is -3.67. The fraction of sp³-hybridized carbons (Fsp3) is 0.273. The molecule has 1 aromatic heterocycles. The minimum atomic E-state index is -4.81. The summed E-state index contributed by atoms with van der Waals surface area (Å²) < 4.78 is 38.6. The average Bonchev–Trinajstić information content (AvgIpc) is 2.70. The standard InChI is InChI=1S/C11H11F3N2O/c12-11(13,14)10(17,6-15)8-5-16-9-4-2-1-3-7(8)9/h1-5,16-17H,6,15H2. The van der Waals surface area contributed by atoms with E-state index in [1.807, 2.05) is 0 Å². The van der Waals surface area contributed by atoms with Gasteiger partial charge in [-0.2, -0.15) is 13.2 Å². The summed E-state index contributed by atoms with van der Waals surface area (Å²) in [5.74, 6) is 0. The predicted octanol–water partition coefficient (Wildman–Crippen LogP) is 1.88. The van der Waals surface area contributed by atoms with Crippen LogP contribution >= 0.6 is 0 Å². The third-order valence-corrected chi connectivity index (χ3v) is 2.80. The minimum absolute atomic E-state index is 0.247. The van der Waals surface area contributed by atoms with E-state index in [2.05, 4.69) is 4.98 Å². The van der Waals surface area contributed by atoms with Gasteiger partial charge in [-0.1, -0.05) is 18.2 Å². The van der Waals surface area contributed by atoms with E-state index in [4.69, 9.17) is 5.73 Å². The largest absolute Gasteiger partial charge is 0.422 e. The normalized spacial score (nSPS) is 16.1. The zero-order valence-electron chi connectivity index (χ0n) is 8.75. The lowest BCUT2D eigenvalue weighted by Crippen LogP contribution is -2.48. The first kappa shape index (κ1) is 11.9. The van der Waals surface area contributed by atoms with E-state index >= 15 is 0 Å². The van der Waals surface area contributed by atoms with E-state index in [0.717, 1.165) is 6.20 Å². The molecule has 0 aliphatic rings. The molecular formula is C11H11F3N2O. The first-order valence-corrected chi connectivity index (χ1v) is 4.96. The van der Waals surface area contributed by atoms with Gasteiger partial charge in [-0.05, 0) is 6.07 Å². The molecule has 6 heteroatoms. The zero-order valence-corrected chi connectivity index (χ0v) is 8.75. The number of fused-ring (bicyclic) bond motifs is 1. The van der Waals surface area contributed by atoms with Gasteiger partial charge in [-0.25, -0.2) is 0 Å². The molecule has 92 valence electrons. The smallest absolute Gasteiger partial charge is 0.375 e. The van der Waals surface area contributed by atoms with E-state index in [1.165, 1.54) is 6.07 Å². The third kappa shape index (κ3) is 1.69. The molecule has 0 saturated heterocycles. The fourth-order valence-corrected chi connectivity index (χ4v) is 1.79. The SMILES string of the molecule is NCC(O)(c1c[nH]c2ccccc12)C(F)(F)F. The molecule has 0 saturated carbocycles. The monoisotopic (exact) mass is 244 g/mol. The highest BCUT2D eigenvalue weighted by atomic mass is 19.4.